The van der Waals surface area contributed by atoms with Gasteiger partial charge in [0.05, 0.1) is 5.92 Å². The Labute approximate surface area is 149 Å². The quantitative estimate of drug-likeness (QED) is 0.847. The van der Waals surface area contributed by atoms with Gasteiger partial charge in [-0.3, -0.25) is 4.79 Å². The molecule has 1 atom stereocenters. The van der Waals surface area contributed by atoms with E-state index in [1.54, 1.807) is 0 Å². The Morgan fingerprint density at radius 2 is 1.96 bits per heavy atom. The molecular weight excluding hydrogens is 314 g/mol. The summed E-state index contributed by atoms with van der Waals surface area (Å²) in [6, 6.07) is 7.75. The van der Waals surface area contributed by atoms with E-state index < -0.39 is 0 Å². The van der Waals surface area contributed by atoms with Crippen molar-refractivity contribution < 1.29 is 9.21 Å². The molecular formula is C20H27N3O2. The summed E-state index contributed by atoms with van der Waals surface area (Å²) >= 11 is 0. The molecule has 0 saturated carbocycles. The lowest BCUT2D eigenvalue weighted by Crippen LogP contribution is -2.39. The lowest BCUT2D eigenvalue weighted by atomic mass is 9.92. The minimum atomic E-state index is 0.0825. The molecule has 134 valence electrons. The summed E-state index contributed by atoms with van der Waals surface area (Å²) in [5, 5.41) is 8.44. The number of likely N-dealkylation sites (tertiary alicyclic amines) is 1. The fourth-order valence-electron chi connectivity index (χ4n) is 3.20. The Kier molecular flexibility index (Phi) is 4.93. The first-order valence-corrected chi connectivity index (χ1v) is 9.00. The van der Waals surface area contributed by atoms with Crippen LogP contribution in [-0.4, -0.2) is 34.1 Å². The first-order valence-electron chi connectivity index (χ1n) is 9.00. The Morgan fingerprint density at radius 3 is 2.64 bits per heavy atom. The highest BCUT2D eigenvalue weighted by molar-refractivity contribution is 5.94. The molecule has 0 N–H and O–H groups in total. The van der Waals surface area contributed by atoms with Gasteiger partial charge in [0.1, 0.15) is 0 Å². The van der Waals surface area contributed by atoms with Crippen LogP contribution in [0.3, 0.4) is 0 Å². The maximum absolute atomic E-state index is 12.7. The maximum atomic E-state index is 12.7. The minimum absolute atomic E-state index is 0.0825. The normalized spacial score (nSPS) is 18.4. The van der Waals surface area contributed by atoms with Crippen LogP contribution in [-0.2, 0) is 6.42 Å². The molecule has 1 aliphatic rings. The van der Waals surface area contributed by atoms with Gasteiger partial charge in [0, 0.05) is 25.1 Å². The molecule has 1 aliphatic heterocycles. The summed E-state index contributed by atoms with van der Waals surface area (Å²) in [5.74, 6) is 1.56. The van der Waals surface area contributed by atoms with Gasteiger partial charge in [-0.2, -0.15) is 0 Å². The number of carbonyl (C=O) groups is 1. The van der Waals surface area contributed by atoms with Crippen molar-refractivity contribution in [3.63, 3.8) is 0 Å². The molecule has 5 nitrogen and oxygen atoms in total. The van der Waals surface area contributed by atoms with Crippen LogP contribution in [0, 0.1) is 12.3 Å². The molecule has 2 aromatic rings. The van der Waals surface area contributed by atoms with Crippen molar-refractivity contribution in [2.45, 2.75) is 52.9 Å². The fourth-order valence-corrected chi connectivity index (χ4v) is 3.20. The first-order chi connectivity index (χ1) is 11.8. The van der Waals surface area contributed by atoms with Gasteiger partial charge in [0.2, 0.25) is 11.8 Å². The number of piperidine rings is 1. The van der Waals surface area contributed by atoms with Gasteiger partial charge in [-0.25, -0.2) is 0 Å². The second-order valence-corrected chi connectivity index (χ2v) is 8.23. The highest BCUT2D eigenvalue weighted by atomic mass is 16.4. The van der Waals surface area contributed by atoms with E-state index in [1.807, 2.05) is 36.1 Å². The number of hydrogen-bond donors (Lipinski definition) is 0. The molecule has 25 heavy (non-hydrogen) atoms. The van der Waals surface area contributed by atoms with Crippen molar-refractivity contribution in [2.24, 2.45) is 5.41 Å². The lowest BCUT2D eigenvalue weighted by molar-refractivity contribution is 0.0697. The standard InChI is InChI=1S/C20H27N3O2/c1-14-7-9-15(10-8-14)19(24)23-11-5-6-16(13-23)18-22-21-17(25-18)12-20(2,3)4/h7-10,16H,5-6,11-13H2,1-4H3. The number of nitrogens with zero attached hydrogens (tertiary/aromatic N) is 3. The zero-order chi connectivity index (χ0) is 18.0. The molecule has 2 heterocycles. The van der Waals surface area contributed by atoms with Crippen LogP contribution in [0.15, 0.2) is 28.7 Å². The van der Waals surface area contributed by atoms with Gasteiger partial charge in [0.25, 0.3) is 5.91 Å². The van der Waals surface area contributed by atoms with Crippen LogP contribution >= 0.6 is 0 Å². The van der Waals surface area contributed by atoms with Crippen LogP contribution in [0.2, 0.25) is 0 Å². The largest absolute Gasteiger partial charge is 0.425 e. The van der Waals surface area contributed by atoms with Crippen molar-refractivity contribution in [2.75, 3.05) is 13.1 Å². The Balaban J connectivity index is 1.69. The van der Waals surface area contributed by atoms with Gasteiger partial charge in [-0.1, -0.05) is 38.5 Å². The summed E-state index contributed by atoms with van der Waals surface area (Å²) in [6.07, 6.45) is 2.70. The van der Waals surface area contributed by atoms with Gasteiger partial charge in [-0.05, 0) is 37.3 Å². The number of rotatable bonds is 3. The first kappa shape index (κ1) is 17.6. The average molecular weight is 341 g/mol. The molecule has 0 aliphatic carbocycles. The average Bonchev–Trinajstić information content (AvgIpc) is 3.01. The van der Waals surface area contributed by atoms with Crippen molar-refractivity contribution >= 4 is 5.91 Å². The third-order valence-corrected chi connectivity index (χ3v) is 4.52. The summed E-state index contributed by atoms with van der Waals surface area (Å²) < 4.78 is 5.89. The summed E-state index contributed by atoms with van der Waals surface area (Å²) in [5.41, 5.74) is 2.01. The Bertz CT molecular complexity index is 728. The van der Waals surface area contributed by atoms with E-state index in [0.717, 1.165) is 36.9 Å². The lowest BCUT2D eigenvalue weighted by Gasteiger charge is -2.31. The van der Waals surface area contributed by atoms with E-state index in [0.29, 0.717) is 18.3 Å². The molecule has 0 bridgehead atoms. The number of aryl methyl sites for hydroxylation is 1. The molecule has 1 unspecified atom stereocenters. The highest BCUT2D eigenvalue weighted by Gasteiger charge is 2.29. The van der Waals surface area contributed by atoms with Crippen molar-refractivity contribution in [1.29, 1.82) is 0 Å². The smallest absolute Gasteiger partial charge is 0.253 e. The minimum Gasteiger partial charge on any atom is -0.425 e. The topological polar surface area (TPSA) is 59.2 Å². The van der Waals surface area contributed by atoms with E-state index in [1.165, 1.54) is 0 Å². The van der Waals surface area contributed by atoms with Crippen molar-refractivity contribution in [3.8, 4) is 0 Å². The molecule has 1 aromatic heterocycles. The summed E-state index contributed by atoms with van der Waals surface area (Å²) in [4.78, 5) is 14.6. The molecule has 1 saturated heterocycles. The number of carbonyl (C=O) groups excluding carboxylic acids is 1. The maximum Gasteiger partial charge on any atom is 0.253 e. The zero-order valence-electron chi connectivity index (χ0n) is 15.6. The summed E-state index contributed by atoms with van der Waals surface area (Å²) in [6.45, 7) is 9.91. The van der Waals surface area contributed by atoms with Crippen molar-refractivity contribution in [3.05, 3.63) is 47.2 Å². The van der Waals surface area contributed by atoms with E-state index in [-0.39, 0.29) is 17.2 Å². The predicted octanol–water partition coefficient (Wildman–Crippen LogP) is 3.99. The van der Waals surface area contributed by atoms with E-state index in [2.05, 4.69) is 31.0 Å². The fraction of sp³-hybridized carbons (Fsp3) is 0.550. The molecule has 0 radical (unpaired) electrons. The number of aromatic nitrogens is 2. The Morgan fingerprint density at radius 1 is 1.24 bits per heavy atom. The molecule has 0 spiro atoms. The molecule has 5 heteroatoms. The van der Waals surface area contributed by atoms with Gasteiger partial charge in [-0.15, -0.1) is 10.2 Å². The number of amides is 1. The monoisotopic (exact) mass is 341 g/mol. The molecule has 3 rings (SSSR count). The number of hydrogen-bond acceptors (Lipinski definition) is 4. The van der Waals surface area contributed by atoms with Crippen molar-refractivity contribution in [1.82, 2.24) is 15.1 Å². The van der Waals surface area contributed by atoms with Crippen LogP contribution in [0.1, 0.15) is 67.2 Å². The highest BCUT2D eigenvalue weighted by Crippen LogP contribution is 2.28. The third-order valence-electron chi connectivity index (χ3n) is 4.52. The van der Waals surface area contributed by atoms with Crippen LogP contribution in [0.5, 0.6) is 0 Å². The molecule has 1 amide bonds. The second kappa shape index (κ2) is 6.98. The summed E-state index contributed by atoms with van der Waals surface area (Å²) in [7, 11) is 0. The number of benzene rings is 1. The van der Waals surface area contributed by atoms with Gasteiger partial charge in [0.15, 0.2) is 0 Å². The van der Waals surface area contributed by atoms with E-state index in [9.17, 15) is 4.79 Å². The predicted molar refractivity (Wildman–Crippen MR) is 96.5 cm³/mol. The third kappa shape index (κ3) is 4.47. The zero-order valence-corrected chi connectivity index (χ0v) is 15.6. The van der Waals surface area contributed by atoms with Crippen LogP contribution < -0.4 is 0 Å². The van der Waals surface area contributed by atoms with Gasteiger partial charge < -0.3 is 9.32 Å². The van der Waals surface area contributed by atoms with Crippen LogP contribution in [0.25, 0.3) is 0 Å². The molecule has 1 aromatic carbocycles. The van der Waals surface area contributed by atoms with E-state index >= 15 is 0 Å². The molecule has 1 fully saturated rings. The van der Waals surface area contributed by atoms with Gasteiger partial charge >= 0.3 is 0 Å². The SMILES string of the molecule is Cc1ccc(C(=O)N2CCCC(c3nnc(CC(C)(C)C)o3)C2)cc1. The Hall–Kier alpha value is -2.17. The van der Waals surface area contributed by atoms with Crippen LogP contribution in [0.4, 0.5) is 0 Å². The second-order valence-electron chi connectivity index (χ2n) is 8.23. The van der Waals surface area contributed by atoms with E-state index in [4.69, 9.17) is 4.42 Å².